The van der Waals surface area contributed by atoms with Crippen molar-refractivity contribution in [3.63, 3.8) is 0 Å². The Kier molecular flexibility index (Phi) is 5.85. The van der Waals surface area contributed by atoms with E-state index in [0.29, 0.717) is 23.2 Å². The van der Waals surface area contributed by atoms with Gasteiger partial charge in [-0.15, -0.1) is 5.10 Å². The number of aromatic nitrogens is 4. The zero-order chi connectivity index (χ0) is 18.4. The molecule has 0 unspecified atom stereocenters. The van der Waals surface area contributed by atoms with E-state index in [-0.39, 0.29) is 5.91 Å². The van der Waals surface area contributed by atoms with Gasteiger partial charge in [0.05, 0.1) is 12.3 Å². The van der Waals surface area contributed by atoms with Crippen LogP contribution >= 0.6 is 11.8 Å². The Morgan fingerprint density at radius 2 is 2.08 bits per heavy atom. The zero-order valence-corrected chi connectivity index (χ0v) is 15.4. The van der Waals surface area contributed by atoms with Crippen molar-refractivity contribution in [1.29, 1.82) is 0 Å². The van der Waals surface area contributed by atoms with Gasteiger partial charge in [-0.2, -0.15) is 4.68 Å². The Morgan fingerprint density at radius 1 is 1.23 bits per heavy atom. The molecule has 1 aromatic heterocycles. The van der Waals surface area contributed by atoms with E-state index in [0.717, 1.165) is 17.0 Å². The van der Waals surface area contributed by atoms with Crippen molar-refractivity contribution in [2.75, 3.05) is 17.7 Å². The maximum absolute atomic E-state index is 11.2. The molecule has 0 radical (unpaired) electrons. The summed E-state index contributed by atoms with van der Waals surface area (Å²) >= 11 is 1.51. The minimum atomic E-state index is -0.123. The van der Waals surface area contributed by atoms with Crippen LogP contribution in [0.3, 0.4) is 0 Å². The summed E-state index contributed by atoms with van der Waals surface area (Å²) in [6, 6.07) is 15.3. The number of nitrogens with zero attached hydrogens (tertiary/aromatic N) is 4. The largest absolute Gasteiger partial charge is 0.492 e. The first-order valence-electron chi connectivity index (χ1n) is 8.11. The fourth-order valence-corrected chi connectivity index (χ4v) is 3.06. The highest BCUT2D eigenvalue weighted by Crippen LogP contribution is 2.21. The minimum absolute atomic E-state index is 0.123. The SMILES string of the molecule is CC(=O)Nc1cccc(-n2nnnc2SCCOc2ccccc2C)c1. The van der Waals surface area contributed by atoms with Crippen LogP contribution in [0, 0.1) is 6.92 Å². The topological polar surface area (TPSA) is 81.9 Å². The highest BCUT2D eigenvalue weighted by Gasteiger charge is 2.10. The van der Waals surface area contributed by atoms with Crippen molar-refractivity contribution in [3.05, 3.63) is 54.1 Å². The Hall–Kier alpha value is -2.87. The maximum atomic E-state index is 11.2. The van der Waals surface area contributed by atoms with Crippen molar-refractivity contribution < 1.29 is 9.53 Å². The number of rotatable bonds is 7. The van der Waals surface area contributed by atoms with Crippen molar-refractivity contribution in [1.82, 2.24) is 20.2 Å². The van der Waals surface area contributed by atoms with Gasteiger partial charge in [0.2, 0.25) is 11.1 Å². The number of hydrogen-bond donors (Lipinski definition) is 1. The van der Waals surface area contributed by atoms with E-state index >= 15 is 0 Å². The maximum Gasteiger partial charge on any atom is 0.221 e. The van der Waals surface area contributed by atoms with Gasteiger partial charge in [-0.1, -0.05) is 36.0 Å². The predicted molar refractivity (Wildman–Crippen MR) is 101 cm³/mol. The molecule has 8 heteroatoms. The van der Waals surface area contributed by atoms with Gasteiger partial charge in [-0.25, -0.2) is 0 Å². The minimum Gasteiger partial charge on any atom is -0.492 e. The van der Waals surface area contributed by atoms with Gasteiger partial charge in [0, 0.05) is 18.4 Å². The first-order chi connectivity index (χ1) is 12.6. The van der Waals surface area contributed by atoms with Crippen LogP contribution in [-0.4, -0.2) is 38.5 Å². The molecule has 0 aliphatic heterocycles. The third kappa shape index (κ3) is 4.60. The first kappa shape index (κ1) is 17.9. The van der Waals surface area contributed by atoms with E-state index in [2.05, 4.69) is 20.8 Å². The average molecular weight is 369 g/mol. The van der Waals surface area contributed by atoms with Crippen molar-refractivity contribution in [2.24, 2.45) is 0 Å². The second-order valence-corrected chi connectivity index (χ2v) is 6.63. The number of ether oxygens (including phenoxy) is 1. The number of benzene rings is 2. The van der Waals surface area contributed by atoms with E-state index < -0.39 is 0 Å². The van der Waals surface area contributed by atoms with Crippen LogP contribution in [0.4, 0.5) is 5.69 Å². The molecule has 0 saturated heterocycles. The van der Waals surface area contributed by atoms with E-state index in [4.69, 9.17) is 4.74 Å². The third-order valence-electron chi connectivity index (χ3n) is 3.52. The fraction of sp³-hybridized carbons (Fsp3) is 0.222. The number of tetrazole rings is 1. The number of anilines is 1. The number of aryl methyl sites for hydroxylation is 1. The van der Waals surface area contributed by atoms with Crippen LogP contribution < -0.4 is 10.1 Å². The molecule has 26 heavy (non-hydrogen) atoms. The lowest BCUT2D eigenvalue weighted by atomic mass is 10.2. The van der Waals surface area contributed by atoms with Crippen molar-refractivity contribution in [2.45, 2.75) is 19.0 Å². The molecule has 3 rings (SSSR count). The van der Waals surface area contributed by atoms with E-state index in [9.17, 15) is 4.79 Å². The molecular weight excluding hydrogens is 350 g/mol. The molecule has 0 spiro atoms. The van der Waals surface area contributed by atoms with Gasteiger partial charge in [0.1, 0.15) is 5.75 Å². The molecule has 134 valence electrons. The van der Waals surface area contributed by atoms with Crippen LogP contribution in [0.5, 0.6) is 5.75 Å². The van der Waals surface area contributed by atoms with Crippen molar-refractivity contribution in [3.8, 4) is 11.4 Å². The summed E-state index contributed by atoms with van der Waals surface area (Å²) in [5.74, 6) is 1.47. The normalized spacial score (nSPS) is 10.5. The molecule has 0 fully saturated rings. The summed E-state index contributed by atoms with van der Waals surface area (Å²) in [7, 11) is 0. The average Bonchev–Trinajstić information content (AvgIpc) is 3.08. The summed E-state index contributed by atoms with van der Waals surface area (Å²) in [4.78, 5) is 11.2. The molecule has 0 bridgehead atoms. The van der Waals surface area contributed by atoms with Crippen LogP contribution in [0.25, 0.3) is 5.69 Å². The molecule has 0 atom stereocenters. The molecule has 2 aromatic carbocycles. The number of amides is 1. The summed E-state index contributed by atoms with van der Waals surface area (Å²) in [6.45, 7) is 4.04. The second-order valence-electron chi connectivity index (χ2n) is 5.57. The molecular formula is C18H19N5O2S. The Bertz CT molecular complexity index is 897. The van der Waals surface area contributed by atoms with Gasteiger partial charge >= 0.3 is 0 Å². The Balaban J connectivity index is 1.62. The van der Waals surface area contributed by atoms with Gasteiger partial charge in [-0.05, 0) is 47.2 Å². The quantitative estimate of drug-likeness (QED) is 0.509. The number of thioether (sulfide) groups is 1. The van der Waals surface area contributed by atoms with Crippen LogP contribution in [0.1, 0.15) is 12.5 Å². The number of nitrogens with one attached hydrogen (secondary N) is 1. The standard InChI is InChI=1S/C18H19N5O2S/c1-13-6-3-4-9-17(13)25-10-11-26-18-20-21-22-23(18)16-8-5-7-15(12-16)19-14(2)24/h3-9,12H,10-11H2,1-2H3,(H,19,24). The molecule has 0 saturated carbocycles. The number of hydrogen-bond acceptors (Lipinski definition) is 6. The highest BCUT2D eigenvalue weighted by molar-refractivity contribution is 7.99. The summed E-state index contributed by atoms with van der Waals surface area (Å²) < 4.78 is 7.44. The monoisotopic (exact) mass is 369 g/mol. The lowest BCUT2D eigenvalue weighted by Crippen LogP contribution is -2.07. The summed E-state index contributed by atoms with van der Waals surface area (Å²) in [6.07, 6.45) is 0. The molecule has 3 aromatic rings. The van der Waals surface area contributed by atoms with E-state index in [1.54, 1.807) is 4.68 Å². The lowest BCUT2D eigenvalue weighted by molar-refractivity contribution is -0.114. The van der Waals surface area contributed by atoms with Crippen LogP contribution in [0.15, 0.2) is 53.7 Å². The first-order valence-corrected chi connectivity index (χ1v) is 9.09. The number of carbonyl (C=O) groups is 1. The van der Waals surface area contributed by atoms with E-state index in [1.807, 2.05) is 55.5 Å². The molecule has 7 nitrogen and oxygen atoms in total. The smallest absolute Gasteiger partial charge is 0.221 e. The molecule has 0 aliphatic rings. The van der Waals surface area contributed by atoms with Gasteiger partial charge in [0.15, 0.2) is 0 Å². The van der Waals surface area contributed by atoms with Crippen LogP contribution in [0.2, 0.25) is 0 Å². The van der Waals surface area contributed by atoms with Gasteiger partial charge in [-0.3, -0.25) is 4.79 Å². The van der Waals surface area contributed by atoms with E-state index in [1.165, 1.54) is 18.7 Å². The third-order valence-corrected chi connectivity index (χ3v) is 4.40. The fourth-order valence-electron chi connectivity index (χ4n) is 2.35. The molecule has 0 aliphatic carbocycles. The number of carbonyl (C=O) groups excluding carboxylic acids is 1. The molecule has 1 amide bonds. The Morgan fingerprint density at radius 3 is 2.88 bits per heavy atom. The van der Waals surface area contributed by atoms with Gasteiger partial charge in [0.25, 0.3) is 0 Å². The highest BCUT2D eigenvalue weighted by atomic mass is 32.2. The second kappa shape index (κ2) is 8.48. The predicted octanol–water partition coefficient (Wildman–Crippen LogP) is 3.10. The summed E-state index contributed by atoms with van der Waals surface area (Å²) in [5.41, 5.74) is 2.59. The molecule has 1 N–H and O–H groups in total. The lowest BCUT2D eigenvalue weighted by Gasteiger charge is -2.09. The number of para-hydroxylation sites is 1. The van der Waals surface area contributed by atoms with Crippen LogP contribution in [-0.2, 0) is 4.79 Å². The van der Waals surface area contributed by atoms with Gasteiger partial charge < -0.3 is 10.1 Å². The van der Waals surface area contributed by atoms with Crippen molar-refractivity contribution >= 4 is 23.4 Å². The summed E-state index contributed by atoms with van der Waals surface area (Å²) in [5, 5.41) is 15.3. The zero-order valence-electron chi connectivity index (χ0n) is 14.5. The Labute approximate surface area is 155 Å². The molecule has 1 heterocycles.